The van der Waals surface area contributed by atoms with Crippen LogP contribution in [0.4, 0.5) is 16.0 Å². The Balaban J connectivity index is 1.52. The Morgan fingerprint density at radius 3 is 2.54 bits per heavy atom. The molecular formula is C26H27FN6O7S. The van der Waals surface area contributed by atoms with Gasteiger partial charge in [0.15, 0.2) is 5.76 Å². The zero-order valence-electron chi connectivity index (χ0n) is 22.3. The van der Waals surface area contributed by atoms with Gasteiger partial charge in [-0.05, 0) is 31.2 Å². The van der Waals surface area contributed by atoms with Gasteiger partial charge in [0.05, 0.1) is 62.4 Å². The van der Waals surface area contributed by atoms with Gasteiger partial charge in [-0.3, -0.25) is 19.1 Å². The number of carbonyl (C=O) groups is 1. The number of aliphatic hydroxyl groups excluding tert-OH is 1. The van der Waals surface area contributed by atoms with E-state index in [4.69, 9.17) is 13.9 Å². The van der Waals surface area contributed by atoms with Crippen molar-refractivity contribution >= 4 is 27.6 Å². The van der Waals surface area contributed by atoms with Crippen LogP contribution in [-0.2, 0) is 21.2 Å². The summed E-state index contributed by atoms with van der Waals surface area (Å²) in [5, 5.41) is 17.0. The monoisotopic (exact) mass is 586 g/mol. The van der Waals surface area contributed by atoms with Crippen molar-refractivity contribution < 1.29 is 36.6 Å². The first kappa shape index (κ1) is 28.0. The summed E-state index contributed by atoms with van der Waals surface area (Å²) in [6.07, 6.45) is 1.18. The van der Waals surface area contributed by atoms with Crippen LogP contribution in [0.15, 0.2) is 53.3 Å². The smallest absolute Gasteiger partial charge is 0.243 e. The molecule has 0 radical (unpaired) electrons. The average molecular weight is 587 g/mol. The van der Waals surface area contributed by atoms with Gasteiger partial charge >= 0.3 is 0 Å². The summed E-state index contributed by atoms with van der Waals surface area (Å²) in [7, 11) is -1.27. The van der Waals surface area contributed by atoms with Crippen LogP contribution in [0.2, 0.25) is 0 Å². The second-order valence-corrected chi connectivity index (χ2v) is 11.4. The molecule has 5 rings (SSSR count). The number of para-hydroxylation sites is 1. The minimum atomic E-state index is -4.18. The summed E-state index contributed by atoms with van der Waals surface area (Å²) in [5.41, 5.74) is 0.610. The van der Waals surface area contributed by atoms with Gasteiger partial charge in [0.2, 0.25) is 27.7 Å². The van der Waals surface area contributed by atoms with Crippen LogP contribution in [0.1, 0.15) is 19.0 Å². The van der Waals surface area contributed by atoms with Crippen LogP contribution in [0, 0.1) is 5.82 Å². The fourth-order valence-electron chi connectivity index (χ4n) is 4.56. The molecule has 0 unspecified atom stereocenters. The van der Waals surface area contributed by atoms with Crippen LogP contribution < -0.4 is 19.1 Å². The van der Waals surface area contributed by atoms with Crippen molar-refractivity contribution in [1.29, 1.82) is 0 Å². The van der Waals surface area contributed by atoms with E-state index < -0.39 is 33.1 Å². The predicted octanol–water partition coefficient (Wildman–Crippen LogP) is 2.55. The molecule has 1 fully saturated rings. The molecule has 2 N–H and O–H groups in total. The van der Waals surface area contributed by atoms with Crippen LogP contribution in [0.5, 0.6) is 11.5 Å². The van der Waals surface area contributed by atoms with Crippen LogP contribution in [-0.4, -0.2) is 71.3 Å². The number of methoxy groups -OCH3 is 2. The lowest BCUT2D eigenvalue weighted by Crippen LogP contribution is -2.31. The number of β-amino-alcohol motifs (C(OH)–C–C–N with tert-alkyl or cyclic N) is 1. The number of furan rings is 1. The quantitative estimate of drug-likeness (QED) is 0.282. The Morgan fingerprint density at radius 2 is 1.93 bits per heavy atom. The first-order valence-electron chi connectivity index (χ1n) is 12.5. The van der Waals surface area contributed by atoms with Gasteiger partial charge in [-0.15, -0.1) is 10.2 Å². The normalized spacial score (nSPS) is 16.2. The third kappa shape index (κ3) is 5.45. The van der Waals surface area contributed by atoms with E-state index in [1.165, 1.54) is 36.9 Å². The lowest BCUT2D eigenvalue weighted by Gasteiger charge is -2.21. The molecule has 1 aliphatic heterocycles. The Hall–Kier alpha value is -4.50. The van der Waals surface area contributed by atoms with Gasteiger partial charge in [0, 0.05) is 12.5 Å². The van der Waals surface area contributed by atoms with Crippen molar-refractivity contribution in [3.05, 3.63) is 60.4 Å². The predicted molar refractivity (Wildman–Crippen MR) is 145 cm³/mol. The number of rotatable bonds is 10. The van der Waals surface area contributed by atoms with E-state index in [2.05, 4.69) is 19.9 Å². The number of benzene rings is 1. The van der Waals surface area contributed by atoms with Gasteiger partial charge in [0.1, 0.15) is 23.0 Å². The maximum atomic E-state index is 14.1. The Kier molecular flexibility index (Phi) is 7.64. The average Bonchev–Trinajstić information content (AvgIpc) is 3.69. The van der Waals surface area contributed by atoms with Crippen molar-refractivity contribution in [2.24, 2.45) is 0 Å². The number of pyridine rings is 1. The number of nitrogens with one attached hydrogen (secondary N) is 1. The number of hydrogen-bond acceptors (Lipinski definition) is 10. The number of sulfonamides is 1. The standard InChI is InChI=1S/C26H27FN6O7S/c1-15(10-18-19(11-16(27)13-28-18)32-14-17(34)12-23(32)35)41(36,37)31-26-30-29-25(22-8-5-9-40-22)33(26)24-20(38-2)6-4-7-21(24)39-3/h4-9,11,13,15,17,34H,10,12,14H2,1-3H3,(H,30,31)/t15-,17-/m1/s1. The van der Waals surface area contributed by atoms with E-state index >= 15 is 0 Å². The molecule has 0 bridgehead atoms. The van der Waals surface area contributed by atoms with E-state index in [0.29, 0.717) is 22.9 Å². The molecule has 0 aliphatic carbocycles. The third-order valence-electron chi connectivity index (χ3n) is 6.58. The van der Waals surface area contributed by atoms with E-state index in [0.717, 1.165) is 12.3 Å². The minimum Gasteiger partial charge on any atom is -0.494 e. The van der Waals surface area contributed by atoms with Gasteiger partial charge in [-0.25, -0.2) is 12.8 Å². The van der Waals surface area contributed by atoms with Crippen LogP contribution in [0.3, 0.4) is 0 Å². The molecule has 2 atom stereocenters. The highest BCUT2D eigenvalue weighted by Crippen LogP contribution is 2.38. The molecule has 0 spiro atoms. The fraction of sp³-hybridized carbons (Fsp3) is 0.308. The number of amides is 1. The maximum absolute atomic E-state index is 14.1. The highest BCUT2D eigenvalue weighted by molar-refractivity contribution is 7.93. The van der Waals surface area contributed by atoms with Crippen molar-refractivity contribution in [3.8, 4) is 28.8 Å². The number of nitrogens with zero attached hydrogens (tertiary/aromatic N) is 5. The molecule has 4 aromatic rings. The van der Waals surface area contributed by atoms with Crippen molar-refractivity contribution in [2.75, 3.05) is 30.4 Å². The summed E-state index contributed by atoms with van der Waals surface area (Å²) < 4.78 is 61.8. The molecule has 1 aliphatic rings. The zero-order valence-corrected chi connectivity index (χ0v) is 23.1. The molecule has 0 saturated carbocycles. The Morgan fingerprint density at radius 1 is 1.20 bits per heavy atom. The van der Waals surface area contributed by atoms with Crippen LogP contribution in [0.25, 0.3) is 17.3 Å². The molecule has 41 heavy (non-hydrogen) atoms. The number of hydrogen-bond donors (Lipinski definition) is 2. The molecule has 4 heterocycles. The lowest BCUT2D eigenvalue weighted by molar-refractivity contribution is -0.117. The lowest BCUT2D eigenvalue weighted by atomic mass is 10.2. The zero-order chi connectivity index (χ0) is 29.3. The molecular weight excluding hydrogens is 559 g/mol. The second kappa shape index (κ2) is 11.2. The van der Waals surface area contributed by atoms with Crippen molar-refractivity contribution in [3.63, 3.8) is 0 Å². The number of aromatic nitrogens is 4. The summed E-state index contributed by atoms with van der Waals surface area (Å²) in [6.45, 7) is 1.39. The largest absolute Gasteiger partial charge is 0.494 e. The summed E-state index contributed by atoms with van der Waals surface area (Å²) in [5.74, 6) is -0.0966. The molecule has 216 valence electrons. The molecule has 1 saturated heterocycles. The number of carbonyl (C=O) groups excluding carboxylic acids is 1. The Bertz CT molecular complexity index is 1650. The molecule has 3 aromatic heterocycles. The van der Waals surface area contributed by atoms with Gasteiger partial charge in [0.25, 0.3) is 0 Å². The molecule has 15 heteroatoms. The number of halogens is 1. The molecule has 1 amide bonds. The van der Waals surface area contributed by atoms with Gasteiger partial charge in [-0.1, -0.05) is 6.07 Å². The first-order valence-corrected chi connectivity index (χ1v) is 14.0. The fourth-order valence-corrected chi connectivity index (χ4v) is 5.52. The molecule has 13 nitrogen and oxygen atoms in total. The van der Waals surface area contributed by atoms with Crippen molar-refractivity contribution in [1.82, 2.24) is 19.7 Å². The number of anilines is 2. The first-order chi connectivity index (χ1) is 19.6. The highest BCUT2D eigenvalue weighted by atomic mass is 32.2. The van der Waals surface area contributed by atoms with E-state index in [9.17, 15) is 22.7 Å². The number of aliphatic hydroxyl groups is 1. The van der Waals surface area contributed by atoms with E-state index in [-0.39, 0.29) is 42.5 Å². The Labute approximate surface area is 234 Å². The molecule has 1 aromatic carbocycles. The second-order valence-electron chi connectivity index (χ2n) is 9.31. The summed E-state index contributed by atoms with van der Waals surface area (Å²) in [6, 6.07) is 9.44. The highest BCUT2D eigenvalue weighted by Gasteiger charge is 2.33. The van der Waals surface area contributed by atoms with Crippen LogP contribution >= 0.6 is 0 Å². The summed E-state index contributed by atoms with van der Waals surface area (Å²) >= 11 is 0. The van der Waals surface area contributed by atoms with E-state index in [1.54, 1.807) is 30.3 Å². The maximum Gasteiger partial charge on any atom is 0.243 e. The summed E-state index contributed by atoms with van der Waals surface area (Å²) in [4.78, 5) is 17.7. The van der Waals surface area contributed by atoms with Crippen molar-refractivity contribution in [2.45, 2.75) is 31.1 Å². The van der Waals surface area contributed by atoms with Gasteiger partial charge in [-0.2, -0.15) is 0 Å². The van der Waals surface area contributed by atoms with E-state index in [1.807, 2.05) is 0 Å². The topological polar surface area (TPSA) is 162 Å². The van der Waals surface area contributed by atoms with Gasteiger partial charge < -0.3 is 23.9 Å². The number of ether oxygens (including phenoxy) is 2. The third-order valence-corrected chi connectivity index (χ3v) is 8.28. The minimum absolute atomic E-state index is 0.0459. The SMILES string of the molecule is COc1cccc(OC)c1-n1c(NS(=O)(=O)[C@H](C)Cc2ncc(F)cc2N2C[C@H](O)CC2=O)nnc1-c1ccco1.